The van der Waals surface area contributed by atoms with Gasteiger partial charge in [-0.25, -0.2) is 19.3 Å². The van der Waals surface area contributed by atoms with Gasteiger partial charge in [0.05, 0.1) is 38.1 Å². The van der Waals surface area contributed by atoms with Crippen LogP contribution < -0.4 is 16.0 Å². The van der Waals surface area contributed by atoms with Crippen molar-refractivity contribution in [3.05, 3.63) is 16.7 Å². The Bertz CT molecular complexity index is 1580. The summed E-state index contributed by atoms with van der Waals surface area (Å²) < 4.78 is 41.9. The van der Waals surface area contributed by atoms with Gasteiger partial charge < -0.3 is 28.0 Å². The number of amides is 1. The molecule has 5 atom stereocenters. The zero-order valence-electron chi connectivity index (χ0n) is 30.1. The molecule has 0 saturated carbocycles. The third-order valence-corrected chi connectivity index (χ3v) is 15.6. The van der Waals surface area contributed by atoms with Crippen molar-refractivity contribution in [3.63, 3.8) is 0 Å². The Hall–Kier alpha value is -2.13. The van der Waals surface area contributed by atoms with E-state index in [1.807, 2.05) is 66.2 Å². The number of hydrogen-bond acceptors (Lipinski definition) is 11. The molecule has 1 amide bonds. The number of imidazole rings is 1. The fourth-order valence-electron chi connectivity index (χ4n) is 4.98. The van der Waals surface area contributed by atoms with Gasteiger partial charge in [-0.1, -0.05) is 34.6 Å². The number of nitrogens with one attached hydrogen (secondary N) is 3. The second-order valence-corrected chi connectivity index (χ2v) is 21.9. The van der Waals surface area contributed by atoms with Crippen molar-refractivity contribution >= 4 is 47.6 Å². The minimum Gasteiger partial charge on any atom is -0.408 e. The van der Waals surface area contributed by atoms with E-state index in [0.29, 0.717) is 0 Å². The predicted molar refractivity (Wildman–Crippen MR) is 188 cm³/mol. The third kappa shape index (κ3) is 10.5. The summed E-state index contributed by atoms with van der Waals surface area (Å²) in [6.07, 6.45) is -1.61. The number of rotatable bonds is 16. The van der Waals surface area contributed by atoms with Gasteiger partial charge >= 0.3 is 7.75 Å². The maximum absolute atomic E-state index is 13.0. The molecular weight excluding hydrogens is 694 g/mol. The van der Waals surface area contributed by atoms with Gasteiger partial charge in [0.15, 0.2) is 25.7 Å². The standard InChI is InChI=1S/C29H52N8O9P2Si/c1-17(2)25(38)33-28-32-24-22(26(39)34-28)31-16-36(24)27-23(46-49(10,11)29(7,8)9)21(35-48(40,41)42)20(45-27)15-44-47(43-14-12-13-30)37(18(3)4)19(5)6/h16-21,23,27H,12,14-15H2,1-11H3,(H3,35,40,41,42)(H2,32,33,34,38,39)/t20-,21-,23-,27-,47?/m1/s1. The maximum Gasteiger partial charge on any atom is 0.400 e. The lowest BCUT2D eigenvalue weighted by molar-refractivity contribution is -0.118. The van der Waals surface area contributed by atoms with Crippen LogP contribution in [0, 0.1) is 17.2 Å². The molecule has 49 heavy (non-hydrogen) atoms. The van der Waals surface area contributed by atoms with E-state index < -0.39 is 54.6 Å². The van der Waals surface area contributed by atoms with Gasteiger partial charge in [-0.05, 0) is 45.8 Å². The van der Waals surface area contributed by atoms with E-state index in [-0.39, 0.29) is 65.7 Å². The van der Waals surface area contributed by atoms with Crippen molar-refractivity contribution in [2.45, 2.75) is 123 Å². The van der Waals surface area contributed by atoms with Crippen LogP contribution in [0.15, 0.2) is 11.1 Å². The van der Waals surface area contributed by atoms with E-state index in [0.717, 1.165) is 0 Å². The summed E-state index contributed by atoms with van der Waals surface area (Å²) in [5.74, 6) is -0.841. The molecule has 5 N–H and O–H groups in total. The summed E-state index contributed by atoms with van der Waals surface area (Å²) in [4.78, 5) is 57.2. The Kier molecular flexibility index (Phi) is 13.9. The Labute approximate surface area is 289 Å². The van der Waals surface area contributed by atoms with Crippen LogP contribution in [0.3, 0.4) is 0 Å². The number of aromatic nitrogens is 4. The third-order valence-electron chi connectivity index (χ3n) is 8.39. The number of ether oxygens (including phenoxy) is 1. The highest BCUT2D eigenvalue weighted by Gasteiger charge is 2.53. The summed E-state index contributed by atoms with van der Waals surface area (Å²) in [6.45, 7) is 21.4. The molecule has 1 saturated heterocycles. The fraction of sp³-hybridized carbons (Fsp3) is 0.759. The van der Waals surface area contributed by atoms with Gasteiger partial charge in [0.1, 0.15) is 12.2 Å². The average Bonchev–Trinajstić information content (AvgIpc) is 3.51. The van der Waals surface area contributed by atoms with Crippen molar-refractivity contribution in [1.82, 2.24) is 29.3 Å². The number of H-pyrrole nitrogens is 1. The van der Waals surface area contributed by atoms with Crippen molar-refractivity contribution in [1.29, 1.82) is 5.26 Å². The van der Waals surface area contributed by atoms with Gasteiger partial charge in [0, 0.05) is 18.0 Å². The van der Waals surface area contributed by atoms with Crippen LogP contribution in [0.25, 0.3) is 11.2 Å². The Morgan fingerprint density at radius 2 is 1.86 bits per heavy atom. The summed E-state index contributed by atoms with van der Waals surface area (Å²) in [5, 5.41) is 13.8. The van der Waals surface area contributed by atoms with Crippen LogP contribution in [0.5, 0.6) is 0 Å². The number of fused-ring (bicyclic) bond motifs is 1. The van der Waals surface area contributed by atoms with Crippen LogP contribution >= 0.6 is 16.3 Å². The molecule has 3 rings (SSSR count). The van der Waals surface area contributed by atoms with Crippen LogP contribution in [0.1, 0.15) is 75.0 Å². The van der Waals surface area contributed by atoms with Crippen LogP contribution in [0.2, 0.25) is 18.1 Å². The lowest BCUT2D eigenvalue weighted by Gasteiger charge is -2.41. The van der Waals surface area contributed by atoms with E-state index in [1.54, 1.807) is 13.8 Å². The normalized spacial score (nSPS) is 21.3. The van der Waals surface area contributed by atoms with Crippen molar-refractivity contribution in [2.75, 3.05) is 18.5 Å². The number of aromatic amines is 1. The number of carbonyl (C=O) groups is 1. The van der Waals surface area contributed by atoms with Gasteiger partial charge in [-0.2, -0.15) is 10.2 Å². The fourth-order valence-corrected chi connectivity index (χ4v) is 8.60. The first-order valence-electron chi connectivity index (χ1n) is 16.2. The molecule has 0 bridgehead atoms. The molecule has 0 aliphatic carbocycles. The van der Waals surface area contributed by atoms with Crippen molar-refractivity contribution in [2.24, 2.45) is 5.92 Å². The van der Waals surface area contributed by atoms with Crippen molar-refractivity contribution in [3.8, 4) is 6.07 Å². The summed E-state index contributed by atoms with van der Waals surface area (Å²) in [7, 11) is -9.26. The van der Waals surface area contributed by atoms with E-state index >= 15 is 0 Å². The first-order valence-corrected chi connectivity index (χ1v) is 21.9. The average molecular weight is 747 g/mol. The first kappa shape index (κ1) is 41.3. The lowest BCUT2D eigenvalue weighted by atomic mass is 10.1. The summed E-state index contributed by atoms with van der Waals surface area (Å²) in [6, 6.07) is 0.976. The molecule has 1 aliphatic heterocycles. The molecule has 1 aliphatic rings. The molecule has 20 heteroatoms. The molecule has 17 nitrogen and oxygen atoms in total. The van der Waals surface area contributed by atoms with Crippen molar-refractivity contribution < 1.29 is 37.4 Å². The lowest BCUT2D eigenvalue weighted by Crippen LogP contribution is -2.52. The van der Waals surface area contributed by atoms with Gasteiger partial charge in [0.25, 0.3) is 14.1 Å². The second kappa shape index (κ2) is 16.5. The zero-order valence-corrected chi connectivity index (χ0v) is 32.9. The monoisotopic (exact) mass is 746 g/mol. The highest BCUT2D eigenvalue weighted by molar-refractivity contribution is 7.49. The number of carbonyl (C=O) groups excluding carboxylic acids is 1. The molecule has 0 aromatic carbocycles. The summed E-state index contributed by atoms with van der Waals surface area (Å²) >= 11 is 0. The van der Waals surface area contributed by atoms with E-state index in [1.165, 1.54) is 10.9 Å². The molecular formula is C29H52N8O9P2Si. The van der Waals surface area contributed by atoms with Gasteiger partial charge in [-0.15, -0.1) is 0 Å². The minimum atomic E-state index is -4.87. The SMILES string of the molecule is CC(C)C(=O)Nc1nc2c(ncn2[C@@H]2O[C@H](COP(OCCC#N)N(C(C)C)C(C)C)[C@@H](NP(=O)(O)O)[C@H]2O[Si](C)(C)C(C)(C)C)c(=O)[nH]1. The molecule has 2 aromatic heterocycles. The van der Waals surface area contributed by atoms with E-state index in [4.69, 9.17) is 23.5 Å². The Balaban J connectivity index is 2.15. The van der Waals surface area contributed by atoms with Crippen LogP contribution in [0.4, 0.5) is 5.95 Å². The largest absolute Gasteiger partial charge is 0.408 e. The summed E-state index contributed by atoms with van der Waals surface area (Å²) in [5.41, 5.74) is -0.563. The Morgan fingerprint density at radius 3 is 2.39 bits per heavy atom. The first-order chi connectivity index (χ1) is 22.6. The highest BCUT2D eigenvalue weighted by Crippen LogP contribution is 2.49. The maximum atomic E-state index is 13.0. The zero-order chi connectivity index (χ0) is 37.1. The van der Waals surface area contributed by atoms with Crippen LogP contribution in [-0.2, 0) is 27.6 Å². The quantitative estimate of drug-likeness (QED) is 0.0915. The molecule has 3 heterocycles. The number of nitriles is 1. The van der Waals surface area contributed by atoms with Gasteiger partial charge in [-0.3, -0.25) is 24.5 Å². The topological polar surface area (TPSA) is 226 Å². The highest BCUT2D eigenvalue weighted by atomic mass is 31.2. The smallest absolute Gasteiger partial charge is 0.400 e. The number of nitrogens with zero attached hydrogens (tertiary/aromatic N) is 5. The molecule has 0 radical (unpaired) electrons. The number of hydrogen-bond donors (Lipinski definition) is 5. The van der Waals surface area contributed by atoms with Crippen LogP contribution in [-0.4, -0.2) is 91.7 Å². The molecule has 1 fully saturated rings. The number of anilines is 1. The predicted octanol–water partition coefficient (Wildman–Crippen LogP) is 4.35. The Morgan fingerprint density at radius 1 is 1.22 bits per heavy atom. The molecule has 2 aromatic rings. The molecule has 276 valence electrons. The van der Waals surface area contributed by atoms with E-state index in [2.05, 4.69) is 31.4 Å². The second-order valence-electron chi connectivity index (χ2n) is 14.3. The molecule has 0 spiro atoms. The minimum absolute atomic E-state index is 0.0102. The van der Waals surface area contributed by atoms with Gasteiger partial charge in [0.2, 0.25) is 11.9 Å². The van der Waals surface area contributed by atoms with E-state index in [9.17, 15) is 23.9 Å². The molecule has 1 unspecified atom stereocenters.